The van der Waals surface area contributed by atoms with Crippen LogP contribution in [0.3, 0.4) is 0 Å². The lowest BCUT2D eigenvalue weighted by Crippen LogP contribution is -2.55. The van der Waals surface area contributed by atoms with Crippen molar-refractivity contribution in [1.82, 2.24) is 31.0 Å². The second kappa shape index (κ2) is 18.8. The van der Waals surface area contributed by atoms with Gasteiger partial charge in [-0.05, 0) is 42.4 Å². The Hall–Kier alpha value is -5.23. The molecule has 2 heterocycles. The van der Waals surface area contributed by atoms with E-state index >= 15 is 0 Å². The maximum Gasteiger partial charge on any atom is 0.407 e. The smallest absolute Gasteiger partial charge is 0.407 e. The number of hydrogen-bond acceptors (Lipinski definition) is 8. The van der Waals surface area contributed by atoms with Gasteiger partial charge in [0.2, 0.25) is 5.91 Å². The average molecular weight is 713 g/mol. The third-order valence-electron chi connectivity index (χ3n) is 8.63. The molecule has 12 nitrogen and oxygen atoms in total. The molecule has 4 rings (SSSR count). The van der Waals surface area contributed by atoms with Crippen LogP contribution in [0, 0.1) is 5.92 Å². The Bertz CT molecular complexity index is 1690. The highest BCUT2D eigenvalue weighted by Gasteiger charge is 2.31. The number of aliphatic hydroxyl groups is 1. The molecular formula is C40H52N6O6. The number of carbonyl (C=O) groups excluding carboxylic acids is 3. The molecule has 12 heteroatoms. The second-order valence-corrected chi connectivity index (χ2v) is 14.5. The molecule has 52 heavy (non-hydrogen) atoms. The first-order valence-corrected chi connectivity index (χ1v) is 17.6. The van der Waals surface area contributed by atoms with Crippen LogP contribution < -0.4 is 16.0 Å². The summed E-state index contributed by atoms with van der Waals surface area (Å²) in [6.45, 7) is 9.98. The van der Waals surface area contributed by atoms with Crippen molar-refractivity contribution in [2.45, 2.75) is 96.7 Å². The molecule has 4 aromatic rings. The fourth-order valence-electron chi connectivity index (χ4n) is 5.65. The zero-order chi connectivity index (χ0) is 37.7. The molecule has 0 aliphatic carbocycles. The van der Waals surface area contributed by atoms with Gasteiger partial charge in [0.1, 0.15) is 24.1 Å². The van der Waals surface area contributed by atoms with Gasteiger partial charge in [-0.1, -0.05) is 107 Å². The number of urea groups is 1. The minimum Gasteiger partial charge on any atom is -0.445 e. The quantitative estimate of drug-likeness (QED) is 0.118. The zero-order valence-electron chi connectivity index (χ0n) is 30.9. The number of rotatable bonds is 16. The minimum absolute atomic E-state index is 0.0224. The first-order valence-electron chi connectivity index (χ1n) is 17.6. The van der Waals surface area contributed by atoms with Gasteiger partial charge in [-0.15, -0.1) is 0 Å². The summed E-state index contributed by atoms with van der Waals surface area (Å²) < 4.78 is 10.9. The van der Waals surface area contributed by atoms with Crippen LogP contribution in [0.1, 0.15) is 69.2 Å². The van der Waals surface area contributed by atoms with E-state index in [1.54, 1.807) is 31.6 Å². The lowest BCUT2D eigenvalue weighted by atomic mass is 9.93. The van der Waals surface area contributed by atoms with Crippen LogP contribution in [0.2, 0.25) is 0 Å². The molecule has 2 aromatic heterocycles. The Balaban J connectivity index is 1.47. The molecule has 1 unspecified atom stereocenters. The van der Waals surface area contributed by atoms with Crippen LogP contribution >= 0.6 is 0 Å². The summed E-state index contributed by atoms with van der Waals surface area (Å²) in [6.07, 6.45) is 2.35. The molecule has 0 bridgehead atoms. The van der Waals surface area contributed by atoms with Crippen molar-refractivity contribution in [2.75, 3.05) is 7.05 Å². The van der Waals surface area contributed by atoms with E-state index in [1.165, 1.54) is 4.90 Å². The van der Waals surface area contributed by atoms with Gasteiger partial charge in [-0.25, -0.2) is 9.59 Å². The third-order valence-corrected chi connectivity index (χ3v) is 8.63. The lowest BCUT2D eigenvalue weighted by molar-refractivity contribution is -0.124. The fraction of sp³-hybridized carbons (Fsp3) is 0.425. The molecule has 278 valence electrons. The number of benzene rings is 2. The molecule has 0 spiro atoms. The number of pyridine rings is 1. The highest BCUT2D eigenvalue weighted by atomic mass is 16.5. The van der Waals surface area contributed by atoms with Gasteiger partial charge in [-0.3, -0.25) is 9.78 Å². The van der Waals surface area contributed by atoms with Crippen LogP contribution in [0.4, 0.5) is 9.59 Å². The van der Waals surface area contributed by atoms with Crippen molar-refractivity contribution < 1.29 is 28.8 Å². The number of alkyl carbamates (subject to hydrolysis) is 1. The van der Waals surface area contributed by atoms with Gasteiger partial charge in [-0.2, -0.15) is 0 Å². The van der Waals surface area contributed by atoms with E-state index in [2.05, 4.69) is 26.1 Å². The molecule has 4 atom stereocenters. The summed E-state index contributed by atoms with van der Waals surface area (Å²) in [5.74, 6) is 0.0799. The highest BCUT2D eigenvalue weighted by Crippen LogP contribution is 2.23. The van der Waals surface area contributed by atoms with Crippen molar-refractivity contribution in [3.05, 3.63) is 119 Å². The van der Waals surface area contributed by atoms with Gasteiger partial charge in [0.05, 0.1) is 18.7 Å². The first-order chi connectivity index (χ1) is 24.8. The third kappa shape index (κ3) is 12.5. The second-order valence-electron chi connectivity index (χ2n) is 14.5. The molecule has 2 aromatic carbocycles. The number of hydrogen-bond donors (Lipinski definition) is 4. The molecule has 4 N–H and O–H groups in total. The van der Waals surface area contributed by atoms with E-state index in [4.69, 9.17) is 9.26 Å². The van der Waals surface area contributed by atoms with Crippen LogP contribution in [0.5, 0.6) is 0 Å². The largest absolute Gasteiger partial charge is 0.445 e. The SMILES string of the molecule is CC(C)C(NC(=O)N(C)Cc1cc(C(C)(C)C)on1)C(=O)N[C@@H](Cc1ccccc1)C[C@H](O)[C@H](Cc1ccccc1)NC(=O)OCc1cccnc1. The van der Waals surface area contributed by atoms with Gasteiger partial charge < -0.3 is 35.2 Å². The normalized spacial score (nSPS) is 13.8. The number of aromatic nitrogens is 2. The highest BCUT2D eigenvalue weighted by molar-refractivity contribution is 5.87. The van der Waals surface area contributed by atoms with Crippen LogP contribution in [0.25, 0.3) is 0 Å². The van der Waals surface area contributed by atoms with Gasteiger partial charge in [0, 0.05) is 42.5 Å². The fourth-order valence-corrected chi connectivity index (χ4v) is 5.65. The number of carbonyl (C=O) groups is 3. The number of nitrogens with zero attached hydrogens (tertiary/aromatic N) is 3. The number of ether oxygens (including phenoxy) is 1. The number of amides is 4. The number of aliphatic hydroxyl groups excluding tert-OH is 1. The Kier molecular flexibility index (Phi) is 14.3. The topological polar surface area (TPSA) is 159 Å². The van der Waals surface area contributed by atoms with Crippen molar-refractivity contribution >= 4 is 18.0 Å². The summed E-state index contributed by atoms with van der Waals surface area (Å²) in [5.41, 5.74) is 2.97. The number of nitrogens with one attached hydrogen (secondary N) is 3. The summed E-state index contributed by atoms with van der Waals surface area (Å²) in [6, 6.07) is 22.0. The van der Waals surface area contributed by atoms with E-state index in [9.17, 15) is 19.5 Å². The molecular weight excluding hydrogens is 660 g/mol. The predicted octanol–water partition coefficient (Wildman–Crippen LogP) is 5.55. The lowest BCUT2D eigenvalue weighted by Gasteiger charge is -2.30. The molecule has 0 saturated heterocycles. The molecule has 0 aliphatic heterocycles. The van der Waals surface area contributed by atoms with Crippen LogP contribution in [0.15, 0.2) is 95.8 Å². The summed E-state index contributed by atoms with van der Waals surface area (Å²) in [7, 11) is 1.63. The summed E-state index contributed by atoms with van der Waals surface area (Å²) >= 11 is 0. The molecule has 0 aliphatic rings. The zero-order valence-corrected chi connectivity index (χ0v) is 30.9. The Morgan fingerprint density at radius 1 is 0.885 bits per heavy atom. The Labute approximate surface area is 306 Å². The predicted molar refractivity (Wildman–Crippen MR) is 198 cm³/mol. The standard InChI is InChI=1S/C40H52N6O6/c1-27(2)36(44-38(49)46(6)25-32-23-35(52-45-32)40(3,4)5)37(48)42-31(20-28-14-9-7-10-15-28)22-34(47)33(21-29-16-11-8-12-17-29)43-39(50)51-26-30-18-13-19-41-24-30/h7-19,23-24,27,31,33-34,36,47H,20-22,25-26H2,1-6H3,(H,42,48)(H,43,50)(H,44,49)/t31-,33-,34-,36?/m0/s1. The molecule has 0 saturated carbocycles. The van der Waals surface area contributed by atoms with E-state index in [0.717, 1.165) is 16.7 Å². The van der Waals surface area contributed by atoms with Gasteiger partial charge in [0.25, 0.3) is 0 Å². The molecule has 0 radical (unpaired) electrons. The minimum atomic E-state index is -1.07. The van der Waals surface area contributed by atoms with Crippen LogP contribution in [-0.4, -0.2) is 69.5 Å². The van der Waals surface area contributed by atoms with E-state index < -0.39 is 36.4 Å². The Morgan fingerprint density at radius 2 is 1.52 bits per heavy atom. The van der Waals surface area contributed by atoms with Crippen molar-refractivity contribution in [1.29, 1.82) is 0 Å². The van der Waals surface area contributed by atoms with Crippen molar-refractivity contribution in [3.63, 3.8) is 0 Å². The van der Waals surface area contributed by atoms with E-state index in [0.29, 0.717) is 24.3 Å². The maximum absolute atomic E-state index is 13.9. The van der Waals surface area contributed by atoms with E-state index in [1.807, 2.05) is 101 Å². The molecule has 4 amide bonds. The summed E-state index contributed by atoms with van der Waals surface area (Å²) in [5, 5.41) is 24.6. The van der Waals surface area contributed by atoms with Crippen molar-refractivity contribution in [2.24, 2.45) is 5.92 Å². The summed E-state index contributed by atoms with van der Waals surface area (Å²) in [4.78, 5) is 45.7. The Morgan fingerprint density at radius 3 is 2.10 bits per heavy atom. The maximum atomic E-state index is 13.9. The first kappa shape index (κ1) is 39.6. The average Bonchev–Trinajstić information content (AvgIpc) is 3.60. The molecule has 0 fully saturated rings. The van der Waals surface area contributed by atoms with Crippen molar-refractivity contribution in [3.8, 4) is 0 Å². The van der Waals surface area contributed by atoms with E-state index in [-0.39, 0.29) is 36.8 Å². The van der Waals surface area contributed by atoms with Gasteiger partial charge in [0.15, 0.2) is 0 Å². The monoisotopic (exact) mass is 712 g/mol. The van der Waals surface area contributed by atoms with Crippen LogP contribution in [-0.2, 0) is 40.9 Å². The van der Waals surface area contributed by atoms with Gasteiger partial charge >= 0.3 is 12.1 Å².